The molecule has 0 radical (unpaired) electrons. The fourth-order valence-electron chi connectivity index (χ4n) is 2.43. The molecule has 1 aliphatic carbocycles. The van der Waals surface area contributed by atoms with E-state index in [2.05, 4.69) is 40.3 Å². The number of hydrogen-bond acceptors (Lipinski definition) is 2. The first-order valence-electron chi connectivity index (χ1n) is 6.83. The molecule has 1 amide bonds. The molecule has 1 aliphatic rings. The highest BCUT2D eigenvalue weighted by Crippen LogP contribution is 2.25. The van der Waals surface area contributed by atoms with Gasteiger partial charge in [-0.05, 0) is 43.5 Å². The van der Waals surface area contributed by atoms with Gasteiger partial charge in [-0.2, -0.15) is 0 Å². The number of carbonyl (C=O) groups is 1. The molecule has 0 spiro atoms. The van der Waals surface area contributed by atoms with Gasteiger partial charge in [0.25, 0.3) is 0 Å². The van der Waals surface area contributed by atoms with Gasteiger partial charge in [-0.3, -0.25) is 4.79 Å². The summed E-state index contributed by atoms with van der Waals surface area (Å²) in [6, 6.07) is 6.58. The number of carbonyl (C=O) groups excluding carboxylic acids is 1. The van der Waals surface area contributed by atoms with Gasteiger partial charge in [-0.1, -0.05) is 35.2 Å². The van der Waals surface area contributed by atoms with Crippen molar-refractivity contribution in [2.24, 2.45) is 0 Å². The van der Waals surface area contributed by atoms with Crippen LogP contribution in [0, 0.1) is 6.92 Å². The lowest BCUT2D eigenvalue weighted by atomic mass is 9.95. The Hall–Kier alpha value is -0.480. The van der Waals surface area contributed by atoms with Gasteiger partial charge in [0.2, 0.25) is 5.91 Å². The molecule has 0 saturated heterocycles. The lowest BCUT2D eigenvalue weighted by molar-refractivity contribution is -0.119. The topological polar surface area (TPSA) is 29.1 Å². The standard InChI is InChI=1S/C15H20BrNOS/c1-11-9-12(16)7-8-14(11)19-10-15(18)17-13-5-3-2-4-6-13/h7-9,13H,2-6,10H2,1H3,(H,17,18). The lowest BCUT2D eigenvalue weighted by Crippen LogP contribution is -2.37. The second kappa shape index (κ2) is 7.34. The summed E-state index contributed by atoms with van der Waals surface area (Å²) in [4.78, 5) is 13.1. The van der Waals surface area contributed by atoms with Gasteiger partial charge >= 0.3 is 0 Å². The molecule has 1 N–H and O–H groups in total. The van der Waals surface area contributed by atoms with Crippen molar-refractivity contribution in [2.45, 2.75) is 50.0 Å². The molecule has 0 atom stereocenters. The van der Waals surface area contributed by atoms with E-state index < -0.39 is 0 Å². The van der Waals surface area contributed by atoms with Gasteiger partial charge in [-0.15, -0.1) is 11.8 Å². The number of hydrogen-bond donors (Lipinski definition) is 1. The number of rotatable bonds is 4. The Morgan fingerprint density at radius 3 is 2.79 bits per heavy atom. The minimum Gasteiger partial charge on any atom is -0.353 e. The molecule has 0 heterocycles. The number of nitrogens with one attached hydrogen (secondary N) is 1. The molecule has 0 aromatic heterocycles. The maximum Gasteiger partial charge on any atom is 0.230 e. The molecular formula is C15H20BrNOS. The number of thioether (sulfide) groups is 1. The molecule has 4 heteroatoms. The number of halogens is 1. The molecular weight excluding hydrogens is 322 g/mol. The predicted octanol–water partition coefficient (Wildman–Crippen LogP) is 4.30. The van der Waals surface area contributed by atoms with Crippen molar-refractivity contribution in [3.05, 3.63) is 28.2 Å². The summed E-state index contributed by atoms with van der Waals surface area (Å²) in [5.74, 6) is 0.679. The zero-order chi connectivity index (χ0) is 13.7. The van der Waals surface area contributed by atoms with Crippen LogP contribution in [0.4, 0.5) is 0 Å². The van der Waals surface area contributed by atoms with Crippen LogP contribution in [-0.2, 0) is 4.79 Å². The zero-order valence-corrected chi connectivity index (χ0v) is 13.6. The molecule has 1 aromatic rings. The van der Waals surface area contributed by atoms with Crippen molar-refractivity contribution in [2.75, 3.05) is 5.75 Å². The fourth-order valence-corrected chi connectivity index (χ4v) is 3.73. The Labute approximate surface area is 127 Å². The molecule has 19 heavy (non-hydrogen) atoms. The van der Waals surface area contributed by atoms with Crippen LogP contribution in [0.1, 0.15) is 37.7 Å². The zero-order valence-electron chi connectivity index (χ0n) is 11.2. The van der Waals surface area contributed by atoms with Crippen molar-refractivity contribution in [1.29, 1.82) is 0 Å². The van der Waals surface area contributed by atoms with E-state index in [1.165, 1.54) is 29.7 Å². The first kappa shape index (κ1) is 14.9. The van der Waals surface area contributed by atoms with Crippen LogP contribution in [0.3, 0.4) is 0 Å². The van der Waals surface area contributed by atoms with Crippen LogP contribution in [0.15, 0.2) is 27.6 Å². The van der Waals surface area contributed by atoms with Gasteiger partial charge in [0.1, 0.15) is 0 Å². The van der Waals surface area contributed by atoms with Crippen LogP contribution in [-0.4, -0.2) is 17.7 Å². The summed E-state index contributed by atoms with van der Waals surface area (Å²) in [6.45, 7) is 2.08. The summed E-state index contributed by atoms with van der Waals surface area (Å²) >= 11 is 5.07. The number of amides is 1. The second-order valence-corrected chi connectivity index (χ2v) is 7.03. The van der Waals surface area contributed by atoms with Crippen molar-refractivity contribution >= 4 is 33.6 Å². The molecule has 104 valence electrons. The van der Waals surface area contributed by atoms with Crippen molar-refractivity contribution in [3.8, 4) is 0 Å². The molecule has 1 fully saturated rings. The molecule has 2 rings (SSSR count). The highest BCUT2D eigenvalue weighted by atomic mass is 79.9. The highest BCUT2D eigenvalue weighted by Gasteiger charge is 2.15. The number of benzene rings is 1. The smallest absolute Gasteiger partial charge is 0.230 e. The van der Waals surface area contributed by atoms with Gasteiger partial charge in [0, 0.05) is 15.4 Å². The first-order valence-corrected chi connectivity index (χ1v) is 8.61. The SMILES string of the molecule is Cc1cc(Br)ccc1SCC(=O)NC1CCCCC1. The van der Waals surface area contributed by atoms with Crippen molar-refractivity contribution < 1.29 is 4.79 Å². The van der Waals surface area contributed by atoms with Crippen LogP contribution in [0.25, 0.3) is 0 Å². The average Bonchev–Trinajstić information content (AvgIpc) is 2.39. The average molecular weight is 342 g/mol. The van der Waals surface area contributed by atoms with Gasteiger partial charge in [0.15, 0.2) is 0 Å². The molecule has 2 nitrogen and oxygen atoms in total. The Morgan fingerprint density at radius 1 is 1.37 bits per heavy atom. The lowest BCUT2D eigenvalue weighted by Gasteiger charge is -2.22. The van der Waals surface area contributed by atoms with E-state index in [4.69, 9.17) is 0 Å². The van der Waals surface area contributed by atoms with E-state index in [0.717, 1.165) is 17.3 Å². The maximum atomic E-state index is 11.9. The molecule has 1 saturated carbocycles. The monoisotopic (exact) mass is 341 g/mol. The maximum absolute atomic E-state index is 11.9. The third-order valence-corrected chi connectivity index (χ3v) is 5.13. The van der Waals surface area contributed by atoms with E-state index in [9.17, 15) is 4.79 Å². The van der Waals surface area contributed by atoms with E-state index in [1.54, 1.807) is 11.8 Å². The third kappa shape index (κ3) is 4.84. The molecule has 0 unspecified atom stereocenters. The van der Waals surface area contributed by atoms with Gasteiger partial charge < -0.3 is 5.32 Å². The molecule has 0 aliphatic heterocycles. The van der Waals surface area contributed by atoms with Crippen LogP contribution in [0.5, 0.6) is 0 Å². The minimum atomic E-state index is 0.166. The van der Waals surface area contributed by atoms with Gasteiger partial charge in [0.05, 0.1) is 5.75 Å². The largest absolute Gasteiger partial charge is 0.353 e. The second-order valence-electron chi connectivity index (χ2n) is 5.10. The molecule has 0 bridgehead atoms. The van der Waals surface area contributed by atoms with Crippen LogP contribution >= 0.6 is 27.7 Å². The van der Waals surface area contributed by atoms with E-state index in [0.29, 0.717) is 11.8 Å². The summed E-state index contributed by atoms with van der Waals surface area (Å²) in [5, 5.41) is 3.15. The number of aryl methyl sites for hydroxylation is 1. The summed E-state index contributed by atoms with van der Waals surface area (Å²) in [7, 11) is 0. The van der Waals surface area contributed by atoms with Crippen molar-refractivity contribution in [1.82, 2.24) is 5.32 Å². The first-order chi connectivity index (χ1) is 9.15. The van der Waals surface area contributed by atoms with Crippen LogP contribution < -0.4 is 5.32 Å². The minimum absolute atomic E-state index is 0.166. The third-order valence-electron chi connectivity index (χ3n) is 3.47. The predicted molar refractivity (Wildman–Crippen MR) is 84.6 cm³/mol. The quantitative estimate of drug-likeness (QED) is 0.827. The van der Waals surface area contributed by atoms with E-state index >= 15 is 0 Å². The van der Waals surface area contributed by atoms with E-state index in [-0.39, 0.29) is 5.91 Å². The summed E-state index contributed by atoms with van der Waals surface area (Å²) < 4.78 is 1.08. The Kier molecular flexibility index (Phi) is 5.76. The normalized spacial score (nSPS) is 16.3. The summed E-state index contributed by atoms with van der Waals surface area (Å²) in [5.41, 5.74) is 1.21. The van der Waals surface area contributed by atoms with Crippen LogP contribution in [0.2, 0.25) is 0 Å². The highest BCUT2D eigenvalue weighted by molar-refractivity contribution is 9.10. The van der Waals surface area contributed by atoms with Gasteiger partial charge in [-0.25, -0.2) is 0 Å². The summed E-state index contributed by atoms with van der Waals surface area (Å²) in [6.07, 6.45) is 6.12. The van der Waals surface area contributed by atoms with Crippen molar-refractivity contribution in [3.63, 3.8) is 0 Å². The van der Waals surface area contributed by atoms with E-state index in [1.807, 2.05) is 6.07 Å². The molecule has 1 aromatic carbocycles. The Morgan fingerprint density at radius 2 is 2.11 bits per heavy atom. The fraction of sp³-hybridized carbons (Fsp3) is 0.533. The Balaban J connectivity index is 1.79. The Bertz CT molecular complexity index is 444.